The lowest BCUT2D eigenvalue weighted by molar-refractivity contribution is 0.464. The van der Waals surface area contributed by atoms with E-state index in [1.807, 2.05) is 54.6 Å². The standard InChI is InChI=1S/C19H12N4O/c1-2-8-14-13(6-1)7-5-11-17(14)24-19-16-10-4-3-9-15(16)18-21-20-12-23(18)22-19/h1-12H. The molecule has 0 aliphatic rings. The Morgan fingerprint density at radius 1 is 0.750 bits per heavy atom. The van der Waals surface area contributed by atoms with Gasteiger partial charge in [-0.15, -0.1) is 15.3 Å². The van der Waals surface area contributed by atoms with Gasteiger partial charge in [-0.2, -0.15) is 4.52 Å². The van der Waals surface area contributed by atoms with Crippen LogP contribution in [0.25, 0.3) is 27.2 Å². The monoisotopic (exact) mass is 312 g/mol. The molecule has 0 atom stereocenters. The molecule has 3 aromatic carbocycles. The first-order valence-electron chi connectivity index (χ1n) is 7.64. The minimum Gasteiger partial charge on any atom is -0.436 e. The van der Waals surface area contributed by atoms with Crippen molar-refractivity contribution in [3.8, 4) is 11.6 Å². The van der Waals surface area contributed by atoms with Gasteiger partial charge in [0.1, 0.15) is 12.1 Å². The van der Waals surface area contributed by atoms with Gasteiger partial charge in [0.25, 0.3) is 0 Å². The first kappa shape index (κ1) is 13.0. The molecule has 0 aliphatic carbocycles. The molecule has 2 aromatic heterocycles. The summed E-state index contributed by atoms with van der Waals surface area (Å²) in [6.45, 7) is 0. The predicted molar refractivity (Wildman–Crippen MR) is 92.3 cm³/mol. The largest absolute Gasteiger partial charge is 0.436 e. The highest BCUT2D eigenvalue weighted by atomic mass is 16.5. The zero-order valence-electron chi connectivity index (χ0n) is 12.6. The molecule has 0 aliphatic heterocycles. The van der Waals surface area contributed by atoms with Gasteiger partial charge in [-0.1, -0.05) is 54.6 Å². The van der Waals surface area contributed by atoms with E-state index in [4.69, 9.17) is 4.74 Å². The van der Waals surface area contributed by atoms with E-state index >= 15 is 0 Å². The van der Waals surface area contributed by atoms with Gasteiger partial charge in [0.2, 0.25) is 5.88 Å². The number of aromatic nitrogens is 4. The molecular formula is C19H12N4O. The smallest absolute Gasteiger partial charge is 0.245 e. The van der Waals surface area contributed by atoms with Crippen LogP contribution >= 0.6 is 0 Å². The maximum absolute atomic E-state index is 6.19. The van der Waals surface area contributed by atoms with Gasteiger partial charge >= 0.3 is 0 Å². The lowest BCUT2D eigenvalue weighted by Crippen LogP contribution is -1.97. The van der Waals surface area contributed by atoms with E-state index in [2.05, 4.69) is 27.4 Å². The summed E-state index contributed by atoms with van der Waals surface area (Å²) in [6, 6.07) is 22.1. The molecule has 0 N–H and O–H groups in total. The second-order valence-corrected chi connectivity index (χ2v) is 5.53. The summed E-state index contributed by atoms with van der Waals surface area (Å²) in [5.41, 5.74) is 0.718. The highest BCUT2D eigenvalue weighted by molar-refractivity contribution is 5.97. The van der Waals surface area contributed by atoms with E-state index in [-0.39, 0.29) is 0 Å². The third kappa shape index (κ3) is 1.91. The Morgan fingerprint density at radius 3 is 2.42 bits per heavy atom. The molecule has 5 nitrogen and oxygen atoms in total. The van der Waals surface area contributed by atoms with Crippen LogP contribution in [0.2, 0.25) is 0 Å². The first-order chi connectivity index (χ1) is 11.9. The molecule has 5 heteroatoms. The number of rotatable bonds is 2. The summed E-state index contributed by atoms with van der Waals surface area (Å²) in [5, 5.41) is 16.7. The Labute approximate surface area is 137 Å². The SMILES string of the molecule is c1ccc2c(Oc3nn4cnnc4c4ccccc34)cccc2c1. The van der Waals surface area contributed by atoms with Gasteiger partial charge in [0.05, 0.1) is 0 Å². The van der Waals surface area contributed by atoms with Crippen molar-refractivity contribution in [2.24, 2.45) is 0 Å². The van der Waals surface area contributed by atoms with Crippen molar-refractivity contribution in [2.75, 3.05) is 0 Å². The van der Waals surface area contributed by atoms with E-state index in [1.54, 1.807) is 10.8 Å². The van der Waals surface area contributed by atoms with Crippen molar-refractivity contribution < 1.29 is 4.74 Å². The van der Waals surface area contributed by atoms with E-state index in [1.165, 1.54) is 0 Å². The van der Waals surface area contributed by atoms with Crippen LogP contribution in [0.5, 0.6) is 11.6 Å². The summed E-state index contributed by atoms with van der Waals surface area (Å²) < 4.78 is 7.84. The maximum atomic E-state index is 6.19. The fourth-order valence-electron chi connectivity index (χ4n) is 2.96. The van der Waals surface area contributed by atoms with Crippen molar-refractivity contribution in [1.29, 1.82) is 0 Å². The molecule has 0 saturated carbocycles. The third-order valence-corrected chi connectivity index (χ3v) is 4.08. The summed E-state index contributed by atoms with van der Waals surface area (Å²) in [4.78, 5) is 0. The van der Waals surface area contributed by atoms with Crippen LogP contribution in [0.15, 0.2) is 73.1 Å². The quantitative estimate of drug-likeness (QED) is 0.489. The van der Waals surface area contributed by atoms with Gasteiger partial charge in [-0.25, -0.2) is 0 Å². The molecule has 0 spiro atoms. The molecule has 5 aromatic rings. The van der Waals surface area contributed by atoms with E-state index in [9.17, 15) is 0 Å². The van der Waals surface area contributed by atoms with Crippen molar-refractivity contribution in [1.82, 2.24) is 19.8 Å². The first-order valence-corrected chi connectivity index (χ1v) is 7.64. The molecule has 0 bridgehead atoms. The van der Waals surface area contributed by atoms with Crippen molar-refractivity contribution in [3.05, 3.63) is 73.1 Å². The van der Waals surface area contributed by atoms with Crippen molar-refractivity contribution in [3.63, 3.8) is 0 Å². The number of nitrogens with zero attached hydrogens (tertiary/aromatic N) is 4. The molecule has 0 fully saturated rings. The summed E-state index contributed by atoms with van der Waals surface area (Å²) in [7, 11) is 0. The van der Waals surface area contributed by atoms with Crippen molar-refractivity contribution >= 4 is 27.2 Å². The van der Waals surface area contributed by atoms with Crippen LogP contribution in [-0.4, -0.2) is 19.8 Å². The van der Waals surface area contributed by atoms with Crippen LogP contribution in [0, 0.1) is 0 Å². The van der Waals surface area contributed by atoms with Gasteiger partial charge in [-0.05, 0) is 17.5 Å². The van der Waals surface area contributed by atoms with Crippen LogP contribution in [0.4, 0.5) is 0 Å². The molecule has 0 unspecified atom stereocenters. The van der Waals surface area contributed by atoms with Gasteiger partial charge in [-0.3, -0.25) is 0 Å². The molecule has 5 rings (SSSR count). The third-order valence-electron chi connectivity index (χ3n) is 4.08. The van der Waals surface area contributed by atoms with Crippen LogP contribution < -0.4 is 4.74 Å². The second-order valence-electron chi connectivity index (χ2n) is 5.53. The lowest BCUT2D eigenvalue weighted by Gasteiger charge is -2.10. The average molecular weight is 312 g/mol. The zero-order valence-corrected chi connectivity index (χ0v) is 12.6. The summed E-state index contributed by atoms with van der Waals surface area (Å²) in [5.74, 6) is 1.31. The normalized spacial score (nSPS) is 11.3. The highest BCUT2D eigenvalue weighted by Gasteiger charge is 2.12. The van der Waals surface area contributed by atoms with Gasteiger partial charge in [0, 0.05) is 16.2 Å². The Balaban J connectivity index is 1.76. The molecule has 114 valence electrons. The minimum atomic E-state index is 0.536. The Bertz CT molecular complexity index is 1190. The maximum Gasteiger partial charge on any atom is 0.245 e. The Morgan fingerprint density at radius 2 is 1.50 bits per heavy atom. The van der Waals surface area contributed by atoms with E-state index < -0.39 is 0 Å². The van der Waals surface area contributed by atoms with Crippen molar-refractivity contribution in [2.45, 2.75) is 0 Å². The molecule has 24 heavy (non-hydrogen) atoms. The average Bonchev–Trinajstić information content (AvgIpc) is 3.11. The molecular weight excluding hydrogens is 300 g/mol. The summed E-state index contributed by atoms with van der Waals surface area (Å²) in [6.07, 6.45) is 1.58. The highest BCUT2D eigenvalue weighted by Crippen LogP contribution is 2.33. The second kappa shape index (κ2) is 5.03. The Kier molecular flexibility index (Phi) is 2.72. The number of fused-ring (bicyclic) bond motifs is 4. The number of hydrogen-bond donors (Lipinski definition) is 0. The predicted octanol–water partition coefficient (Wildman–Crippen LogP) is 4.22. The van der Waals surface area contributed by atoms with E-state index in [0.717, 1.165) is 32.9 Å². The lowest BCUT2D eigenvalue weighted by atomic mass is 10.1. The fourth-order valence-corrected chi connectivity index (χ4v) is 2.96. The summed E-state index contributed by atoms with van der Waals surface area (Å²) >= 11 is 0. The molecule has 2 heterocycles. The number of ether oxygens (including phenoxy) is 1. The molecule has 0 amide bonds. The molecule has 0 saturated heterocycles. The topological polar surface area (TPSA) is 52.3 Å². The Hall–Kier alpha value is -3.47. The van der Waals surface area contributed by atoms with Crippen LogP contribution in [-0.2, 0) is 0 Å². The fraction of sp³-hybridized carbons (Fsp3) is 0. The van der Waals surface area contributed by atoms with Crippen LogP contribution in [0.3, 0.4) is 0 Å². The van der Waals surface area contributed by atoms with Crippen LogP contribution in [0.1, 0.15) is 0 Å². The number of benzene rings is 3. The number of hydrogen-bond acceptors (Lipinski definition) is 4. The minimum absolute atomic E-state index is 0.536. The van der Waals surface area contributed by atoms with Gasteiger partial charge in [0.15, 0.2) is 5.65 Å². The van der Waals surface area contributed by atoms with Gasteiger partial charge < -0.3 is 4.74 Å². The zero-order chi connectivity index (χ0) is 15.9. The molecule has 0 radical (unpaired) electrons. The van der Waals surface area contributed by atoms with E-state index in [0.29, 0.717) is 5.88 Å².